The molecular weight excluding hydrogens is 300 g/mol. The summed E-state index contributed by atoms with van der Waals surface area (Å²) in [6, 6.07) is 7.55. The van der Waals surface area contributed by atoms with Gasteiger partial charge < -0.3 is 9.80 Å². The standard InChI is InChI=1S/C16H25BrN2/c1-4-15-12-18(3)8-5-9-19(15)16-7-6-14(11-17)13(2)10-16/h6-7,10,15H,4-5,8-9,11-12H2,1-3H3. The second-order valence-electron chi connectivity index (χ2n) is 5.62. The molecule has 0 saturated carbocycles. The van der Waals surface area contributed by atoms with Crippen LogP contribution in [0.15, 0.2) is 18.2 Å². The second-order valence-corrected chi connectivity index (χ2v) is 6.18. The largest absolute Gasteiger partial charge is 0.367 e. The van der Waals surface area contributed by atoms with E-state index in [1.165, 1.54) is 49.3 Å². The Labute approximate surface area is 125 Å². The molecule has 3 heteroatoms. The molecule has 1 fully saturated rings. The number of hydrogen-bond acceptors (Lipinski definition) is 2. The highest BCUT2D eigenvalue weighted by atomic mass is 79.9. The van der Waals surface area contributed by atoms with Gasteiger partial charge in [0.2, 0.25) is 0 Å². The first kappa shape index (κ1) is 14.9. The molecule has 1 aliphatic heterocycles. The van der Waals surface area contributed by atoms with Gasteiger partial charge in [-0.1, -0.05) is 28.9 Å². The number of alkyl halides is 1. The zero-order valence-corrected chi connectivity index (χ0v) is 13.9. The molecule has 0 radical (unpaired) electrons. The molecule has 1 aromatic rings. The van der Waals surface area contributed by atoms with Gasteiger partial charge in [0, 0.05) is 30.1 Å². The van der Waals surface area contributed by atoms with Crippen LogP contribution in [0.3, 0.4) is 0 Å². The third-order valence-electron chi connectivity index (χ3n) is 4.18. The second kappa shape index (κ2) is 6.76. The first-order valence-corrected chi connectivity index (χ1v) is 8.38. The summed E-state index contributed by atoms with van der Waals surface area (Å²) >= 11 is 3.55. The molecule has 0 spiro atoms. The van der Waals surface area contributed by atoms with Gasteiger partial charge in [0.15, 0.2) is 0 Å². The Morgan fingerprint density at radius 3 is 2.74 bits per heavy atom. The van der Waals surface area contributed by atoms with E-state index in [1.54, 1.807) is 0 Å². The maximum absolute atomic E-state index is 3.55. The normalized spacial score (nSPS) is 21.5. The highest BCUT2D eigenvalue weighted by Gasteiger charge is 2.22. The van der Waals surface area contributed by atoms with E-state index in [0.29, 0.717) is 6.04 Å². The van der Waals surface area contributed by atoms with Crippen LogP contribution >= 0.6 is 15.9 Å². The van der Waals surface area contributed by atoms with Crippen LogP contribution in [0.4, 0.5) is 5.69 Å². The van der Waals surface area contributed by atoms with Gasteiger partial charge in [-0.15, -0.1) is 0 Å². The number of rotatable bonds is 3. The number of halogens is 1. The number of anilines is 1. The quantitative estimate of drug-likeness (QED) is 0.780. The zero-order chi connectivity index (χ0) is 13.8. The lowest BCUT2D eigenvalue weighted by Crippen LogP contribution is -2.39. The van der Waals surface area contributed by atoms with Gasteiger partial charge in [-0.05, 0) is 56.6 Å². The minimum absolute atomic E-state index is 0.640. The summed E-state index contributed by atoms with van der Waals surface area (Å²) in [5.41, 5.74) is 4.18. The summed E-state index contributed by atoms with van der Waals surface area (Å²) in [6.45, 7) is 8.08. The summed E-state index contributed by atoms with van der Waals surface area (Å²) in [5.74, 6) is 0. The van der Waals surface area contributed by atoms with Crippen LogP contribution in [-0.2, 0) is 5.33 Å². The predicted molar refractivity (Wildman–Crippen MR) is 87.3 cm³/mol. The van der Waals surface area contributed by atoms with E-state index in [-0.39, 0.29) is 0 Å². The third kappa shape index (κ3) is 3.51. The Hall–Kier alpha value is -0.540. The number of benzene rings is 1. The van der Waals surface area contributed by atoms with Crippen LogP contribution in [0.5, 0.6) is 0 Å². The Morgan fingerprint density at radius 1 is 1.32 bits per heavy atom. The van der Waals surface area contributed by atoms with E-state index in [9.17, 15) is 0 Å². The van der Waals surface area contributed by atoms with Gasteiger partial charge in [0.1, 0.15) is 0 Å². The highest BCUT2D eigenvalue weighted by molar-refractivity contribution is 9.08. The van der Waals surface area contributed by atoms with Crippen LogP contribution < -0.4 is 4.90 Å². The maximum atomic E-state index is 3.55. The van der Waals surface area contributed by atoms with Gasteiger partial charge in [0.25, 0.3) is 0 Å². The Bertz CT molecular complexity index is 419. The molecule has 0 aromatic heterocycles. The van der Waals surface area contributed by atoms with E-state index in [2.05, 4.69) is 64.8 Å². The van der Waals surface area contributed by atoms with Crippen molar-refractivity contribution in [3.63, 3.8) is 0 Å². The summed E-state index contributed by atoms with van der Waals surface area (Å²) in [7, 11) is 2.24. The molecule has 1 heterocycles. The first-order chi connectivity index (χ1) is 9.15. The van der Waals surface area contributed by atoms with E-state index in [1.807, 2.05) is 0 Å². The van der Waals surface area contributed by atoms with Crippen LogP contribution in [0.2, 0.25) is 0 Å². The summed E-state index contributed by atoms with van der Waals surface area (Å²) in [6.07, 6.45) is 2.47. The van der Waals surface area contributed by atoms with Crippen molar-refractivity contribution >= 4 is 21.6 Å². The lowest BCUT2D eigenvalue weighted by atomic mass is 10.1. The smallest absolute Gasteiger partial charge is 0.0414 e. The van der Waals surface area contributed by atoms with Crippen molar-refractivity contribution in [3.05, 3.63) is 29.3 Å². The summed E-state index contributed by atoms with van der Waals surface area (Å²) in [5, 5.41) is 0.944. The van der Waals surface area contributed by atoms with Crippen molar-refractivity contribution in [2.45, 2.75) is 38.1 Å². The van der Waals surface area contributed by atoms with Crippen molar-refractivity contribution in [1.82, 2.24) is 4.90 Å². The monoisotopic (exact) mass is 324 g/mol. The topological polar surface area (TPSA) is 6.48 Å². The molecule has 0 amide bonds. The SMILES string of the molecule is CCC1CN(C)CCCN1c1ccc(CBr)c(C)c1. The highest BCUT2D eigenvalue weighted by Crippen LogP contribution is 2.25. The Kier molecular flexibility index (Phi) is 5.28. The maximum Gasteiger partial charge on any atom is 0.0414 e. The summed E-state index contributed by atoms with van der Waals surface area (Å²) in [4.78, 5) is 5.07. The predicted octanol–water partition coefficient (Wildman–Crippen LogP) is 3.81. The average molecular weight is 325 g/mol. The van der Waals surface area contributed by atoms with Crippen LogP contribution in [0.25, 0.3) is 0 Å². The fraction of sp³-hybridized carbons (Fsp3) is 0.625. The minimum atomic E-state index is 0.640. The van der Waals surface area contributed by atoms with E-state index in [0.717, 1.165) is 5.33 Å². The van der Waals surface area contributed by atoms with Crippen LogP contribution in [-0.4, -0.2) is 37.6 Å². The molecule has 19 heavy (non-hydrogen) atoms. The lowest BCUT2D eigenvalue weighted by Gasteiger charge is -2.32. The van der Waals surface area contributed by atoms with Gasteiger partial charge >= 0.3 is 0 Å². The molecule has 2 nitrogen and oxygen atoms in total. The Balaban J connectivity index is 2.25. The number of aryl methyl sites for hydroxylation is 1. The molecule has 1 aromatic carbocycles. The lowest BCUT2D eigenvalue weighted by molar-refractivity contribution is 0.328. The molecule has 1 unspecified atom stereocenters. The van der Waals surface area contributed by atoms with Gasteiger partial charge in [-0.3, -0.25) is 0 Å². The number of hydrogen-bond donors (Lipinski definition) is 0. The number of likely N-dealkylation sites (N-methyl/N-ethyl adjacent to an activating group) is 1. The van der Waals surface area contributed by atoms with Crippen molar-refractivity contribution in [3.8, 4) is 0 Å². The average Bonchev–Trinajstić information content (AvgIpc) is 2.60. The van der Waals surface area contributed by atoms with Gasteiger partial charge in [0.05, 0.1) is 0 Å². The summed E-state index contributed by atoms with van der Waals surface area (Å²) < 4.78 is 0. The molecular formula is C16H25BrN2. The van der Waals surface area contributed by atoms with Crippen LogP contribution in [0, 0.1) is 6.92 Å². The van der Waals surface area contributed by atoms with Crippen LogP contribution in [0.1, 0.15) is 30.9 Å². The molecule has 0 bridgehead atoms. The van der Waals surface area contributed by atoms with Crippen molar-refractivity contribution in [2.24, 2.45) is 0 Å². The molecule has 1 atom stereocenters. The molecule has 1 saturated heterocycles. The third-order valence-corrected chi connectivity index (χ3v) is 4.78. The van der Waals surface area contributed by atoms with E-state index >= 15 is 0 Å². The number of nitrogens with zero attached hydrogens (tertiary/aromatic N) is 2. The van der Waals surface area contributed by atoms with E-state index < -0.39 is 0 Å². The Morgan fingerprint density at radius 2 is 2.11 bits per heavy atom. The zero-order valence-electron chi connectivity index (χ0n) is 12.3. The van der Waals surface area contributed by atoms with Gasteiger partial charge in [-0.25, -0.2) is 0 Å². The molecule has 0 N–H and O–H groups in total. The fourth-order valence-electron chi connectivity index (χ4n) is 2.94. The molecule has 0 aliphatic carbocycles. The first-order valence-electron chi connectivity index (χ1n) is 7.26. The molecule has 2 rings (SSSR count). The van der Waals surface area contributed by atoms with Crippen molar-refractivity contribution in [1.29, 1.82) is 0 Å². The fourth-order valence-corrected chi connectivity index (χ4v) is 3.57. The molecule has 106 valence electrons. The minimum Gasteiger partial charge on any atom is -0.367 e. The van der Waals surface area contributed by atoms with Crippen molar-refractivity contribution < 1.29 is 0 Å². The molecule has 1 aliphatic rings. The van der Waals surface area contributed by atoms with Crippen molar-refractivity contribution in [2.75, 3.05) is 31.6 Å². The van der Waals surface area contributed by atoms with Gasteiger partial charge in [-0.2, -0.15) is 0 Å². The van der Waals surface area contributed by atoms with E-state index in [4.69, 9.17) is 0 Å².